The van der Waals surface area contributed by atoms with Crippen molar-refractivity contribution in [3.63, 3.8) is 0 Å². The maximum absolute atomic E-state index is 11.4. The van der Waals surface area contributed by atoms with Gasteiger partial charge in [-0.3, -0.25) is 0 Å². The van der Waals surface area contributed by atoms with E-state index in [1.807, 2.05) is 13.0 Å². The molecule has 0 aliphatic heterocycles. The molecule has 0 unspecified atom stereocenters. The smallest absolute Gasteiger partial charge is 0.338 e. The second-order valence-corrected chi connectivity index (χ2v) is 3.36. The largest absolute Gasteiger partial charge is 0.496 e. The van der Waals surface area contributed by atoms with Crippen molar-refractivity contribution >= 4 is 17.6 Å². The van der Waals surface area contributed by atoms with Crippen LogP contribution in [0, 0.1) is 6.92 Å². The second kappa shape index (κ2) is 5.03. The quantitative estimate of drug-likeness (QED) is 0.589. The fourth-order valence-electron chi connectivity index (χ4n) is 1.36. The first-order valence-electron chi connectivity index (χ1n) is 4.45. The summed E-state index contributed by atoms with van der Waals surface area (Å²) >= 11 is 5.72. The number of alkyl halides is 1. The van der Waals surface area contributed by atoms with Gasteiger partial charge in [0.05, 0.1) is 19.8 Å². The molecule has 82 valence electrons. The van der Waals surface area contributed by atoms with Crippen LogP contribution in [-0.4, -0.2) is 20.2 Å². The van der Waals surface area contributed by atoms with Crippen molar-refractivity contribution in [1.82, 2.24) is 0 Å². The van der Waals surface area contributed by atoms with Gasteiger partial charge in [0, 0.05) is 11.4 Å². The van der Waals surface area contributed by atoms with Crippen molar-refractivity contribution in [3.8, 4) is 5.75 Å². The molecule has 0 amide bonds. The van der Waals surface area contributed by atoms with Gasteiger partial charge in [0.1, 0.15) is 5.75 Å². The lowest BCUT2D eigenvalue weighted by Gasteiger charge is -2.10. The first kappa shape index (κ1) is 11.9. The summed E-state index contributed by atoms with van der Waals surface area (Å²) in [5.41, 5.74) is 2.09. The molecule has 15 heavy (non-hydrogen) atoms. The van der Waals surface area contributed by atoms with Crippen molar-refractivity contribution < 1.29 is 14.3 Å². The highest BCUT2D eigenvalue weighted by atomic mass is 35.5. The van der Waals surface area contributed by atoms with Crippen molar-refractivity contribution in [3.05, 3.63) is 28.8 Å². The lowest BCUT2D eigenvalue weighted by atomic mass is 10.0. The molecular formula is C11H13ClO3. The molecule has 0 spiro atoms. The lowest BCUT2D eigenvalue weighted by Crippen LogP contribution is -2.06. The van der Waals surface area contributed by atoms with E-state index in [1.54, 1.807) is 13.2 Å². The third kappa shape index (κ3) is 2.42. The van der Waals surface area contributed by atoms with E-state index in [1.165, 1.54) is 7.11 Å². The molecule has 1 aromatic rings. The number of methoxy groups -OCH3 is 2. The van der Waals surface area contributed by atoms with Crippen LogP contribution in [-0.2, 0) is 10.6 Å². The van der Waals surface area contributed by atoms with Crippen LogP contribution in [0.1, 0.15) is 21.5 Å². The van der Waals surface area contributed by atoms with E-state index >= 15 is 0 Å². The average molecular weight is 229 g/mol. The lowest BCUT2D eigenvalue weighted by molar-refractivity contribution is 0.0599. The summed E-state index contributed by atoms with van der Waals surface area (Å²) in [6.07, 6.45) is 0. The predicted octanol–water partition coefficient (Wildman–Crippen LogP) is 2.53. The molecule has 4 heteroatoms. The molecule has 0 heterocycles. The molecule has 0 aromatic heterocycles. The molecule has 1 aromatic carbocycles. The summed E-state index contributed by atoms with van der Waals surface area (Å²) in [5, 5.41) is 0. The first-order valence-corrected chi connectivity index (χ1v) is 4.99. The number of esters is 1. The Labute approximate surface area is 93.9 Å². The molecule has 3 nitrogen and oxygen atoms in total. The molecule has 0 N–H and O–H groups in total. The zero-order valence-electron chi connectivity index (χ0n) is 8.96. The number of hydrogen-bond donors (Lipinski definition) is 0. The van der Waals surface area contributed by atoms with E-state index in [2.05, 4.69) is 4.74 Å². The topological polar surface area (TPSA) is 35.5 Å². The Bertz CT molecular complexity index is 374. The van der Waals surface area contributed by atoms with Crippen LogP contribution in [0.15, 0.2) is 12.1 Å². The molecule has 0 fully saturated rings. The number of carbonyl (C=O) groups excluding carboxylic acids is 1. The fraction of sp³-hybridized carbons (Fsp3) is 0.364. The van der Waals surface area contributed by atoms with Crippen LogP contribution < -0.4 is 4.74 Å². The van der Waals surface area contributed by atoms with E-state index in [4.69, 9.17) is 16.3 Å². The molecule has 0 saturated heterocycles. The highest BCUT2D eigenvalue weighted by Crippen LogP contribution is 2.25. The van der Waals surface area contributed by atoms with Crippen LogP contribution in [0.5, 0.6) is 5.75 Å². The fourth-order valence-corrected chi connectivity index (χ4v) is 1.51. The SMILES string of the molecule is COC(=O)c1cc(CCl)cc(OC)c1C. The van der Waals surface area contributed by atoms with Crippen molar-refractivity contribution in [1.29, 1.82) is 0 Å². The molecule has 0 saturated carbocycles. The van der Waals surface area contributed by atoms with Gasteiger partial charge in [-0.05, 0) is 24.6 Å². The number of halogens is 1. The average Bonchev–Trinajstić information content (AvgIpc) is 2.28. The normalized spacial score (nSPS) is 9.87. The summed E-state index contributed by atoms with van der Waals surface area (Å²) in [6.45, 7) is 1.81. The minimum atomic E-state index is -0.377. The highest BCUT2D eigenvalue weighted by molar-refractivity contribution is 6.17. The van der Waals surface area contributed by atoms with E-state index in [9.17, 15) is 4.79 Å². The van der Waals surface area contributed by atoms with Crippen molar-refractivity contribution in [2.75, 3.05) is 14.2 Å². The standard InChI is InChI=1S/C11H13ClO3/c1-7-9(11(13)15-3)4-8(6-12)5-10(7)14-2/h4-5H,6H2,1-3H3. The van der Waals surface area contributed by atoms with Gasteiger partial charge >= 0.3 is 5.97 Å². The third-order valence-electron chi connectivity index (χ3n) is 2.20. The minimum absolute atomic E-state index is 0.334. The van der Waals surface area contributed by atoms with E-state index in [-0.39, 0.29) is 5.97 Å². The molecule has 1 rings (SSSR count). The Balaban J connectivity index is 3.30. The van der Waals surface area contributed by atoms with Crippen LogP contribution in [0.4, 0.5) is 0 Å². The summed E-state index contributed by atoms with van der Waals surface area (Å²) < 4.78 is 9.83. The van der Waals surface area contributed by atoms with Gasteiger partial charge in [-0.25, -0.2) is 4.79 Å². The maximum Gasteiger partial charge on any atom is 0.338 e. The van der Waals surface area contributed by atoms with Crippen LogP contribution in [0.25, 0.3) is 0 Å². The van der Waals surface area contributed by atoms with E-state index < -0.39 is 0 Å². The molecule has 0 radical (unpaired) electrons. The van der Waals surface area contributed by atoms with Gasteiger partial charge in [-0.1, -0.05) is 0 Å². The van der Waals surface area contributed by atoms with Gasteiger partial charge in [0.15, 0.2) is 0 Å². The zero-order valence-corrected chi connectivity index (χ0v) is 9.72. The Morgan fingerprint density at radius 1 is 1.40 bits per heavy atom. The number of rotatable bonds is 3. The highest BCUT2D eigenvalue weighted by Gasteiger charge is 2.14. The van der Waals surface area contributed by atoms with Gasteiger partial charge in [-0.15, -0.1) is 11.6 Å². The van der Waals surface area contributed by atoms with Crippen LogP contribution in [0.2, 0.25) is 0 Å². The summed E-state index contributed by atoms with van der Waals surface area (Å²) in [7, 11) is 2.91. The van der Waals surface area contributed by atoms with Gasteiger partial charge < -0.3 is 9.47 Å². The number of ether oxygens (including phenoxy) is 2. The Morgan fingerprint density at radius 3 is 2.53 bits per heavy atom. The third-order valence-corrected chi connectivity index (χ3v) is 2.51. The Morgan fingerprint density at radius 2 is 2.07 bits per heavy atom. The van der Waals surface area contributed by atoms with Crippen LogP contribution in [0.3, 0.4) is 0 Å². The zero-order chi connectivity index (χ0) is 11.4. The van der Waals surface area contributed by atoms with Gasteiger partial charge in [-0.2, -0.15) is 0 Å². The Kier molecular flexibility index (Phi) is 3.97. The molecule has 0 aliphatic carbocycles. The van der Waals surface area contributed by atoms with Gasteiger partial charge in [0.25, 0.3) is 0 Å². The summed E-state index contributed by atoms with van der Waals surface area (Å²) in [6, 6.07) is 3.53. The predicted molar refractivity (Wildman–Crippen MR) is 58.6 cm³/mol. The van der Waals surface area contributed by atoms with Gasteiger partial charge in [0.2, 0.25) is 0 Å². The summed E-state index contributed by atoms with van der Waals surface area (Å²) in [5.74, 6) is 0.604. The van der Waals surface area contributed by atoms with E-state index in [0.29, 0.717) is 17.2 Å². The summed E-state index contributed by atoms with van der Waals surface area (Å²) in [4.78, 5) is 11.4. The first-order chi connectivity index (χ1) is 7.13. The monoisotopic (exact) mass is 228 g/mol. The minimum Gasteiger partial charge on any atom is -0.496 e. The van der Waals surface area contributed by atoms with E-state index in [0.717, 1.165) is 11.1 Å². The molecular weight excluding hydrogens is 216 g/mol. The number of hydrogen-bond acceptors (Lipinski definition) is 3. The number of carbonyl (C=O) groups is 1. The second-order valence-electron chi connectivity index (χ2n) is 3.10. The number of benzene rings is 1. The van der Waals surface area contributed by atoms with Crippen LogP contribution >= 0.6 is 11.6 Å². The van der Waals surface area contributed by atoms with Crippen molar-refractivity contribution in [2.45, 2.75) is 12.8 Å². The Hall–Kier alpha value is -1.22. The maximum atomic E-state index is 11.4. The molecule has 0 bridgehead atoms. The van der Waals surface area contributed by atoms with Crippen molar-refractivity contribution in [2.24, 2.45) is 0 Å². The molecule has 0 aliphatic rings. The molecule has 0 atom stereocenters.